The van der Waals surface area contributed by atoms with Crippen LogP contribution in [0, 0.1) is 0 Å². The molecule has 0 spiro atoms. The van der Waals surface area contributed by atoms with Crippen molar-refractivity contribution in [2.45, 2.75) is 6.92 Å². The number of anilines is 1. The van der Waals surface area contributed by atoms with Gasteiger partial charge >= 0.3 is 5.97 Å². The summed E-state index contributed by atoms with van der Waals surface area (Å²) in [5, 5.41) is 2.70. The molecule has 0 aliphatic heterocycles. The van der Waals surface area contributed by atoms with Crippen LogP contribution in [0.1, 0.15) is 38.0 Å². The van der Waals surface area contributed by atoms with Gasteiger partial charge in [0.15, 0.2) is 0 Å². The van der Waals surface area contributed by atoms with Crippen molar-refractivity contribution in [3.05, 3.63) is 65.2 Å². The Hall–Kier alpha value is -2.95. The van der Waals surface area contributed by atoms with Crippen molar-refractivity contribution in [3.63, 3.8) is 0 Å². The third-order valence-corrected chi connectivity index (χ3v) is 2.94. The van der Waals surface area contributed by atoms with Crippen LogP contribution in [0.5, 0.6) is 0 Å². The van der Waals surface area contributed by atoms with Crippen LogP contribution in [0.2, 0.25) is 0 Å². The third-order valence-electron chi connectivity index (χ3n) is 2.94. The summed E-state index contributed by atoms with van der Waals surface area (Å²) in [6.07, 6.45) is 0.685. The Morgan fingerprint density at radius 3 is 2.45 bits per heavy atom. The number of rotatable bonds is 5. The van der Waals surface area contributed by atoms with Crippen LogP contribution in [0.15, 0.2) is 48.5 Å². The molecule has 0 atom stereocenters. The van der Waals surface area contributed by atoms with Gasteiger partial charge in [0.25, 0.3) is 5.91 Å². The van der Waals surface area contributed by atoms with Gasteiger partial charge in [0.1, 0.15) is 6.29 Å². The van der Waals surface area contributed by atoms with E-state index in [9.17, 15) is 14.4 Å². The highest BCUT2D eigenvalue weighted by molar-refractivity contribution is 6.05. The lowest BCUT2D eigenvalue weighted by molar-refractivity contribution is 0.0526. The van der Waals surface area contributed by atoms with Crippen LogP contribution >= 0.6 is 0 Å². The fourth-order valence-corrected chi connectivity index (χ4v) is 1.86. The number of aldehydes is 1. The molecule has 0 saturated heterocycles. The standard InChI is InChI=1S/C17H15NO4/c1-2-22-17(21)13-6-8-15(9-7-13)18-16(20)14-5-3-4-12(10-14)11-19/h3-11H,2H2,1H3,(H,18,20). The molecular weight excluding hydrogens is 282 g/mol. The van der Waals surface area contributed by atoms with Gasteiger partial charge in [-0.3, -0.25) is 9.59 Å². The molecule has 0 aromatic heterocycles. The first-order chi connectivity index (χ1) is 10.6. The van der Waals surface area contributed by atoms with E-state index in [0.717, 1.165) is 0 Å². The zero-order chi connectivity index (χ0) is 15.9. The van der Waals surface area contributed by atoms with Crippen LogP contribution in [-0.2, 0) is 4.74 Å². The molecule has 112 valence electrons. The largest absolute Gasteiger partial charge is 0.462 e. The average Bonchev–Trinajstić information content (AvgIpc) is 2.55. The number of hydrogen-bond acceptors (Lipinski definition) is 4. The zero-order valence-corrected chi connectivity index (χ0v) is 12.0. The van der Waals surface area contributed by atoms with E-state index in [-0.39, 0.29) is 5.91 Å². The first-order valence-corrected chi connectivity index (χ1v) is 6.78. The monoisotopic (exact) mass is 297 g/mol. The van der Waals surface area contributed by atoms with E-state index < -0.39 is 5.97 Å². The first kappa shape index (κ1) is 15.4. The van der Waals surface area contributed by atoms with E-state index in [1.807, 2.05) is 0 Å². The number of amides is 1. The molecule has 2 rings (SSSR count). The van der Waals surface area contributed by atoms with Crippen molar-refractivity contribution in [2.24, 2.45) is 0 Å². The van der Waals surface area contributed by atoms with Gasteiger partial charge in [0, 0.05) is 16.8 Å². The molecule has 0 fully saturated rings. The first-order valence-electron chi connectivity index (χ1n) is 6.78. The summed E-state index contributed by atoms with van der Waals surface area (Å²) in [6.45, 7) is 2.05. The molecule has 0 aliphatic carbocycles. The molecule has 5 heteroatoms. The Bertz CT molecular complexity index is 692. The number of carbonyl (C=O) groups excluding carboxylic acids is 3. The molecule has 0 unspecified atom stereocenters. The Kier molecular flexibility index (Phi) is 5.03. The summed E-state index contributed by atoms with van der Waals surface area (Å²) in [7, 11) is 0. The zero-order valence-electron chi connectivity index (χ0n) is 12.0. The Balaban J connectivity index is 2.08. The minimum atomic E-state index is -0.404. The molecule has 1 amide bonds. The maximum atomic E-state index is 12.1. The maximum Gasteiger partial charge on any atom is 0.338 e. The lowest BCUT2D eigenvalue weighted by Crippen LogP contribution is -2.12. The molecule has 0 bridgehead atoms. The number of esters is 1. The number of ether oxygens (including phenoxy) is 1. The Morgan fingerprint density at radius 1 is 1.09 bits per heavy atom. The Labute approximate surface area is 127 Å². The minimum Gasteiger partial charge on any atom is -0.462 e. The highest BCUT2D eigenvalue weighted by atomic mass is 16.5. The summed E-state index contributed by atoms with van der Waals surface area (Å²) in [5.74, 6) is -0.730. The van der Waals surface area contributed by atoms with E-state index in [1.54, 1.807) is 49.4 Å². The van der Waals surface area contributed by atoms with Gasteiger partial charge in [-0.2, -0.15) is 0 Å². The normalized spacial score (nSPS) is 9.86. The average molecular weight is 297 g/mol. The molecule has 0 heterocycles. The van der Waals surface area contributed by atoms with Crippen molar-refractivity contribution in [2.75, 3.05) is 11.9 Å². The van der Waals surface area contributed by atoms with Crippen molar-refractivity contribution >= 4 is 23.9 Å². The highest BCUT2D eigenvalue weighted by Gasteiger charge is 2.09. The van der Waals surface area contributed by atoms with Gasteiger partial charge in [-0.1, -0.05) is 12.1 Å². The lowest BCUT2D eigenvalue weighted by Gasteiger charge is -2.07. The Morgan fingerprint density at radius 2 is 1.82 bits per heavy atom. The van der Waals surface area contributed by atoms with Crippen LogP contribution in [-0.4, -0.2) is 24.8 Å². The molecule has 22 heavy (non-hydrogen) atoms. The molecule has 2 aromatic carbocycles. The highest BCUT2D eigenvalue weighted by Crippen LogP contribution is 2.13. The molecule has 1 N–H and O–H groups in total. The van der Waals surface area contributed by atoms with Gasteiger partial charge in [-0.05, 0) is 43.3 Å². The predicted molar refractivity (Wildman–Crippen MR) is 82.2 cm³/mol. The maximum absolute atomic E-state index is 12.1. The fourth-order valence-electron chi connectivity index (χ4n) is 1.86. The van der Waals surface area contributed by atoms with Crippen molar-refractivity contribution in [1.82, 2.24) is 0 Å². The quantitative estimate of drug-likeness (QED) is 0.680. The van der Waals surface area contributed by atoms with Gasteiger partial charge in [0.2, 0.25) is 0 Å². The summed E-state index contributed by atoms with van der Waals surface area (Å²) >= 11 is 0. The second-order valence-corrected chi connectivity index (χ2v) is 4.50. The van der Waals surface area contributed by atoms with Crippen LogP contribution in [0.3, 0.4) is 0 Å². The number of hydrogen-bond donors (Lipinski definition) is 1. The predicted octanol–water partition coefficient (Wildman–Crippen LogP) is 2.93. The summed E-state index contributed by atoms with van der Waals surface area (Å²) < 4.78 is 4.88. The second-order valence-electron chi connectivity index (χ2n) is 4.50. The molecule has 0 aliphatic rings. The molecule has 5 nitrogen and oxygen atoms in total. The van der Waals surface area contributed by atoms with Crippen molar-refractivity contribution in [1.29, 1.82) is 0 Å². The third kappa shape index (κ3) is 3.79. The molecular formula is C17H15NO4. The number of nitrogens with one attached hydrogen (secondary N) is 1. The van der Waals surface area contributed by atoms with Crippen LogP contribution < -0.4 is 5.32 Å². The SMILES string of the molecule is CCOC(=O)c1ccc(NC(=O)c2cccc(C=O)c2)cc1. The van der Waals surface area contributed by atoms with Crippen molar-refractivity contribution in [3.8, 4) is 0 Å². The summed E-state index contributed by atoms with van der Waals surface area (Å²) in [5.41, 5.74) is 1.79. The van der Waals surface area contributed by atoms with E-state index in [4.69, 9.17) is 4.74 Å². The van der Waals surface area contributed by atoms with Gasteiger partial charge in [-0.15, -0.1) is 0 Å². The van der Waals surface area contributed by atoms with Gasteiger partial charge in [0.05, 0.1) is 12.2 Å². The van der Waals surface area contributed by atoms with E-state index in [1.165, 1.54) is 6.07 Å². The topological polar surface area (TPSA) is 72.5 Å². The van der Waals surface area contributed by atoms with Gasteiger partial charge < -0.3 is 10.1 Å². The van der Waals surface area contributed by atoms with Crippen LogP contribution in [0.25, 0.3) is 0 Å². The van der Waals surface area contributed by atoms with E-state index in [2.05, 4.69) is 5.32 Å². The second kappa shape index (κ2) is 7.17. The summed E-state index contributed by atoms with van der Waals surface area (Å²) in [6, 6.07) is 12.8. The number of benzene rings is 2. The van der Waals surface area contributed by atoms with Gasteiger partial charge in [-0.25, -0.2) is 4.79 Å². The van der Waals surface area contributed by atoms with Crippen molar-refractivity contribution < 1.29 is 19.1 Å². The minimum absolute atomic E-state index is 0.310. The molecule has 0 saturated carbocycles. The molecule has 2 aromatic rings. The van der Waals surface area contributed by atoms with E-state index in [0.29, 0.717) is 35.3 Å². The van der Waals surface area contributed by atoms with E-state index >= 15 is 0 Å². The fraction of sp³-hybridized carbons (Fsp3) is 0.118. The summed E-state index contributed by atoms with van der Waals surface area (Å²) in [4.78, 5) is 34.3. The molecule has 0 radical (unpaired) electrons. The van der Waals surface area contributed by atoms with Crippen LogP contribution in [0.4, 0.5) is 5.69 Å². The number of carbonyl (C=O) groups is 3. The lowest BCUT2D eigenvalue weighted by atomic mass is 10.1. The smallest absolute Gasteiger partial charge is 0.338 e.